The van der Waals surface area contributed by atoms with Crippen LogP contribution in [0.5, 0.6) is 0 Å². The first kappa shape index (κ1) is 19.7. The van der Waals surface area contributed by atoms with Crippen molar-refractivity contribution in [2.45, 2.75) is 57.2 Å². The van der Waals surface area contributed by atoms with E-state index in [1.165, 1.54) is 0 Å². The van der Waals surface area contributed by atoms with Gasteiger partial charge in [0.1, 0.15) is 12.3 Å². The second kappa shape index (κ2) is 7.76. The van der Waals surface area contributed by atoms with E-state index >= 15 is 0 Å². The summed E-state index contributed by atoms with van der Waals surface area (Å²) in [6.45, 7) is 0.359. The number of amides is 3. The van der Waals surface area contributed by atoms with Crippen molar-refractivity contribution in [3.63, 3.8) is 0 Å². The summed E-state index contributed by atoms with van der Waals surface area (Å²) in [7, 11) is 0. The number of piperidine rings is 1. The predicted octanol–water partition coefficient (Wildman–Crippen LogP) is 2.24. The summed E-state index contributed by atoms with van der Waals surface area (Å²) < 4.78 is 1.99. The number of aldehydes is 1. The van der Waals surface area contributed by atoms with Crippen LogP contribution in [0, 0.1) is 5.92 Å². The Bertz CT molecular complexity index is 1070. The standard InChI is InChI=1S/C23H24N4O4/c28-13-14-1-4-18(5-2-14)27-12-17(10-24-27)15-3-6-19-16(9-15)11-26(23(19)31)20-7-8-21(29)25-22(20)30/h3,6,9-10,12-14,18,20H,1-2,4-5,7-8,11H2,(H,25,29,30). The van der Waals surface area contributed by atoms with Crippen molar-refractivity contribution in [1.29, 1.82) is 0 Å². The zero-order valence-corrected chi connectivity index (χ0v) is 17.1. The number of hydrogen-bond acceptors (Lipinski definition) is 5. The van der Waals surface area contributed by atoms with E-state index in [-0.39, 0.29) is 24.2 Å². The molecule has 1 aromatic heterocycles. The molecule has 0 spiro atoms. The fourth-order valence-corrected chi connectivity index (χ4v) is 4.94. The summed E-state index contributed by atoms with van der Waals surface area (Å²) >= 11 is 0. The van der Waals surface area contributed by atoms with Crippen LogP contribution in [0.25, 0.3) is 11.1 Å². The van der Waals surface area contributed by atoms with E-state index in [0.717, 1.165) is 48.7 Å². The van der Waals surface area contributed by atoms with Crippen molar-refractivity contribution in [2.24, 2.45) is 5.92 Å². The first-order valence-electron chi connectivity index (χ1n) is 10.8. The van der Waals surface area contributed by atoms with Gasteiger partial charge in [-0.05, 0) is 55.4 Å². The highest BCUT2D eigenvalue weighted by atomic mass is 16.2. The molecule has 8 nitrogen and oxygen atoms in total. The summed E-state index contributed by atoms with van der Waals surface area (Å²) in [5.74, 6) is -0.681. The zero-order valence-electron chi connectivity index (χ0n) is 17.1. The minimum atomic E-state index is -0.606. The molecule has 3 aliphatic rings. The molecule has 2 aliphatic heterocycles. The second-order valence-corrected chi connectivity index (χ2v) is 8.69. The summed E-state index contributed by atoms with van der Waals surface area (Å²) in [4.78, 5) is 49.0. The van der Waals surface area contributed by atoms with Crippen LogP contribution < -0.4 is 5.32 Å². The number of rotatable bonds is 4. The average Bonchev–Trinajstić information content (AvgIpc) is 3.39. The molecule has 1 aromatic carbocycles. The van der Waals surface area contributed by atoms with Gasteiger partial charge in [0, 0.05) is 36.2 Å². The lowest BCUT2D eigenvalue weighted by atomic mass is 9.87. The molecule has 1 unspecified atom stereocenters. The highest BCUT2D eigenvalue weighted by Crippen LogP contribution is 2.34. The molecule has 0 radical (unpaired) electrons. The summed E-state index contributed by atoms with van der Waals surface area (Å²) in [5.41, 5.74) is 3.44. The Kier molecular flexibility index (Phi) is 4.92. The quantitative estimate of drug-likeness (QED) is 0.604. The molecular weight excluding hydrogens is 396 g/mol. The van der Waals surface area contributed by atoms with Gasteiger partial charge in [0.15, 0.2) is 0 Å². The lowest BCUT2D eigenvalue weighted by molar-refractivity contribution is -0.136. The fourth-order valence-electron chi connectivity index (χ4n) is 4.94. The molecule has 1 aliphatic carbocycles. The van der Waals surface area contributed by atoms with Crippen LogP contribution in [-0.4, -0.2) is 44.7 Å². The number of aromatic nitrogens is 2. The summed E-state index contributed by atoms with van der Waals surface area (Å²) in [5, 5.41) is 6.88. The topological polar surface area (TPSA) is 101 Å². The highest BCUT2D eigenvalue weighted by molar-refractivity contribution is 6.05. The van der Waals surface area contributed by atoms with E-state index in [1.54, 1.807) is 4.90 Å². The molecule has 160 valence electrons. The van der Waals surface area contributed by atoms with Crippen molar-refractivity contribution in [3.8, 4) is 11.1 Å². The number of fused-ring (bicyclic) bond motifs is 1. The third kappa shape index (κ3) is 3.56. The molecule has 31 heavy (non-hydrogen) atoms. The fraction of sp³-hybridized carbons (Fsp3) is 0.435. The van der Waals surface area contributed by atoms with Crippen LogP contribution in [0.2, 0.25) is 0 Å². The smallest absolute Gasteiger partial charge is 0.255 e. The molecule has 1 N–H and O–H groups in total. The van der Waals surface area contributed by atoms with Crippen LogP contribution in [0.1, 0.15) is 60.5 Å². The van der Waals surface area contributed by atoms with E-state index in [4.69, 9.17) is 0 Å². The molecule has 3 amide bonds. The van der Waals surface area contributed by atoms with E-state index in [1.807, 2.05) is 35.3 Å². The number of imide groups is 1. The van der Waals surface area contributed by atoms with Gasteiger partial charge in [-0.2, -0.15) is 5.10 Å². The predicted molar refractivity (Wildman–Crippen MR) is 111 cm³/mol. The van der Waals surface area contributed by atoms with Crippen molar-refractivity contribution < 1.29 is 19.2 Å². The van der Waals surface area contributed by atoms with Gasteiger partial charge < -0.3 is 9.69 Å². The number of nitrogens with one attached hydrogen (secondary N) is 1. The monoisotopic (exact) mass is 420 g/mol. The number of hydrogen-bond donors (Lipinski definition) is 1. The van der Waals surface area contributed by atoms with Crippen LogP contribution in [0.3, 0.4) is 0 Å². The molecule has 1 saturated carbocycles. The van der Waals surface area contributed by atoms with Crippen LogP contribution >= 0.6 is 0 Å². The van der Waals surface area contributed by atoms with Crippen molar-refractivity contribution in [1.82, 2.24) is 20.0 Å². The Morgan fingerprint density at radius 1 is 1.03 bits per heavy atom. The minimum absolute atomic E-state index is 0.168. The number of carbonyl (C=O) groups excluding carboxylic acids is 4. The normalized spacial score (nSPS) is 26.0. The second-order valence-electron chi connectivity index (χ2n) is 8.69. The molecular formula is C23H24N4O4. The first-order valence-corrected chi connectivity index (χ1v) is 10.8. The molecule has 2 fully saturated rings. The van der Waals surface area contributed by atoms with Crippen LogP contribution in [0.15, 0.2) is 30.6 Å². The first-order chi connectivity index (χ1) is 15.0. The van der Waals surface area contributed by atoms with E-state index in [0.29, 0.717) is 24.6 Å². The number of carbonyl (C=O) groups is 4. The Labute approximate surface area is 179 Å². The molecule has 5 rings (SSSR count). The Balaban J connectivity index is 1.33. The van der Waals surface area contributed by atoms with E-state index in [2.05, 4.69) is 10.4 Å². The average molecular weight is 420 g/mol. The maximum absolute atomic E-state index is 12.9. The van der Waals surface area contributed by atoms with Crippen LogP contribution in [0.4, 0.5) is 0 Å². The van der Waals surface area contributed by atoms with E-state index < -0.39 is 11.9 Å². The van der Waals surface area contributed by atoms with Crippen molar-refractivity contribution in [3.05, 3.63) is 41.7 Å². The van der Waals surface area contributed by atoms with Gasteiger partial charge >= 0.3 is 0 Å². The third-order valence-corrected chi connectivity index (χ3v) is 6.77. The van der Waals surface area contributed by atoms with E-state index in [9.17, 15) is 19.2 Å². The molecule has 1 saturated heterocycles. The molecule has 1 atom stereocenters. The maximum atomic E-state index is 12.9. The van der Waals surface area contributed by atoms with Crippen molar-refractivity contribution in [2.75, 3.05) is 0 Å². The zero-order chi connectivity index (χ0) is 21.5. The highest BCUT2D eigenvalue weighted by Gasteiger charge is 2.39. The molecule has 0 bridgehead atoms. The van der Waals surface area contributed by atoms with Gasteiger partial charge in [-0.3, -0.25) is 24.4 Å². The lowest BCUT2D eigenvalue weighted by Gasteiger charge is -2.29. The largest absolute Gasteiger partial charge is 0.322 e. The van der Waals surface area contributed by atoms with Gasteiger partial charge in [-0.25, -0.2) is 0 Å². The van der Waals surface area contributed by atoms with Gasteiger partial charge in [0.25, 0.3) is 5.91 Å². The summed E-state index contributed by atoms with van der Waals surface area (Å²) in [6, 6.07) is 5.42. The SMILES string of the molecule is O=CC1CCC(n2cc(-c3ccc4c(c3)CN(C3CCC(=O)NC3=O)C4=O)cn2)CC1. The Morgan fingerprint density at radius 3 is 2.58 bits per heavy atom. The number of nitrogens with zero attached hydrogens (tertiary/aromatic N) is 3. The Morgan fingerprint density at radius 2 is 1.84 bits per heavy atom. The third-order valence-electron chi connectivity index (χ3n) is 6.77. The Hall–Kier alpha value is -3.29. The summed E-state index contributed by atoms with van der Waals surface area (Å²) in [6.07, 6.45) is 9.24. The van der Waals surface area contributed by atoms with Crippen molar-refractivity contribution >= 4 is 24.0 Å². The lowest BCUT2D eigenvalue weighted by Crippen LogP contribution is -2.52. The van der Waals surface area contributed by atoms with Gasteiger partial charge in [0.05, 0.1) is 12.2 Å². The van der Waals surface area contributed by atoms with Crippen LogP contribution in [-0.2, 0) is 20.9 Å². The minimum Gasteiger partial charge on any atom is -0.322 e. The number of benzene rings is 1. The maximum Gasteiger partial charge on any atom is 0.255 e. The van der Waals surface area contributed by atoms with Gasteiger partial charge in [-0.15, -0.1) is 0 Å². The molecule has 8 heteroatoms. The molecule has 3 heterocycles. The van der Waals surface area contributed by atoms with Gasteiger partial charge in [0.2, 0.25) is 11.8 Å². The molecule has 2 aromatic rings. The van der Waals surface area contributed by atoms with Gasteiger partial charge in [-0.1, -0.05) is 6.07 Å².